The summed E-state index contributed by atoms with van der Waals surface area (Å²) >= 11 is 0. The van der Waals surface area contributed by atoms with E-state index in [1.807, 2.05) is 0 Å². The van der Waals surface area contributed by atoms with E-state index in [2.05, 4.69) is 43.0 Å². The van der Waals surface area contributed by atoms with E-state index >= 15 is 0 Å². The number of hydrogen-bond donors (Lipinski definition) is 0. The zero-order valence-electron chi connectivity index (χ0n) is 15.6. The SMILES string of the molecule is C.C1=CC2CC1CC2COCC1CO1.C1=CCC=C1.C=CCOCC1CO1. The fourth-order valence-electron chi connectivity index (χ4n) is 3.44. The van der Waals surface area contributed by atoms with Gasteiger partial charge in [0.25, 0.3) is 0 Å². The molecule has 0 aromatic rings. The molecule has 0 radical (unpaired) electrons. The standard InChI is InChI=1S/C11H16O2.C6H10O2.C5H6.CH4/c1-2-9-3-8(1)4-10(9)5-12-6-11-7-13-11;1-2-3-7-4-6-5-8-6;1-2-4-5-3-1;/h1-2,8-11H,3-7H2;2,6H,1,3-5H2;1-4H,5H2;1H4. The Morgan fingerprint density at radius 3 is 2.04 bits per heavy atom. The second-order valence-electron chi connectivity index (χ2n) is 7.41. The number of fused-ring (bicyclic) bond motifs is 2. The molecule has 5 unspecified atom stereocenters. The highest BCUT2D eigenvalue weighted by Crippen LogP contribution is 2.43. The number of ether oxygens (including phenoxy) is 4. The van der Waals surface area contributed by atoms with Gasteiger partial charge >= 0.3 is 0 Å². The van der Waals surface area contributed by atoms with E-state index in [-0.39, 0.29) is 7.43 Å². The molecule has 27 heavy (non-hydrogen) atoms. The molecule has 4 heteroatoms. The van der Waals surface area contributed by atoms with Crippen molar-refractivity contribution in [2.45, 2.75) is 38.9 Å². The highest BCUT2D eigenvalue weighted by molar-refractivity contribution is 5.12. The second-order valence-corrected chi connectivity index (χ2v) is 7.41. The molecule has 5 atom stereocenters. The molecule has 5 aliphatic rings. The third-order valence-corrected chi connectivity index (χ3v) is 5.05. The minimum absolute atomic E-state index is 0. The lowest BCUT2D eigenvalue weighted by Crippen LogP contribution is -2.16. The smallest absolute Gasteiger partial charge is 0.104 e. The second kappa shape index (κ2) is 12.3. The van der Waals surface area contributed by atoms with Crippen molar-refractivity contribution in [1.82, 2.24) is 0 Å². The summed E-state index contributed by atoms with van der Waals surface area (Å²) < 4.78 is 20.7. The molecule has 0 aromatic carbocycles. The quantitative estimate of drug-likeness (QED) is 0.359. The van der Waals surface area contributed by atoms with Crippen molar-refractivity contribution in [3.63, 3.8) is 0 Å². The molecule has 0 amide bonds. The summed E-state index contributed by atoms with van der Waals surface area (Å²) in [7, 11) is 0. The summed E-state index contributed by atoms with van der Waals surface area (Å²) in [4.78, 5) is 0. The van der Waals surface area contributed by atoms with Gasteiger partial charge < -0.3 is 18.9 Å². The van der Waals surface area contributed by atoms with Crippen LogP contribution in [0.3, 0.4) is 0 Å². The van der Waals surface area contributed by atoms with Crippen molar-refractivity contribution in [1.29, 1.82) is 0 Å². The predicted molar refractivity (Wildman–Crippen MR) is 110 cm³/mol. The molecule has 3 fully saturated rings. The predicted octanol–water partition coefficient (Wildman–Crippen LogP) is 4.34. The van der Waals surface area contributed by atoms with Crippen molar-refractivity contribution >= 4 is 0 Å². The molecule has 0 spiro atoms. The minimum atomic E-state index is 0. The summed E-state index contributed by atoms with van der Waals surface area (Å²) in [5.41, 5.74) is 0. The normalized spacial score (nSPS) is 32.8. The molecule has 0 aromatic heterocycles. The summed E-state index contributed by atoms with van der Waals surface area (Å²) in [6.45, 7) is 8.43. The van der Waals surface area contributed by atoms with Crippen LogP contribution in [0.15, 0.2) is 49.1 Å². The van der Waals surface area contributed by atoms with Crippen molar-refractivity contribution in [2.24, 2.45) is 17.8 Å². The van der Waals surface area contributed by atoms with Gasteiger partial charge in [-0.3, -0.25) is 0 Å². The van der Waals surface area contributed by atoms with Crippen LogP contribution < -0.4 is 0 Å². The van der Waals surface area contributed by atoms with Crippen LogP contribution in [-0.2, 0) is 18.9 Å². The fraction of sp³-hybridized carbons (Fsp3) is 0.652. The maximum atomic E-state index is 5.64. The van der Waals surface area contributed by atoms with Crippen LogP contribution in [0.1, 0.15) is 26.7 Å². The summed E-state index contributed by atoms with van der Waals surface area (Å²) in [6, 6.07) is 0. The van der Waals surface area contributed by atoms with Gasteiger partial charge in [0.1, 0.15) is 12.2 Å². The van der Waals surface area contributed by atoms with Gasteiger partial charge in [-0.05, 0) is 37.0 Å². The third-order valence-electron chi connectivity index (χ3n) is 5.05. The number of allylic oxidation sites excluding steroid dienone is 6. The van der Waals surface area contributed by atoms with E-state index < -0.39 is 0 Å². The lowest BCUT2D eigenvalue weighted by Gasteiger charge is -2.17. The van der Waals surface area contributed by atoms with Gasteiger partial charge in [0.2, 0.25) is 0 Å². The average Bonchev–Trinajstić information content (AvgIpc) is 3.49. The monoisotopic (exact) mass is 376 g/mol. The summed E-state index contributed by atoms with van der Waals surface area (Å²) in [6.07, 6.45) is 19.5. The molecule has 2 heterocycles. The maximum absolute atomic E-state index is 5.64. The van der Waals surface area contributed by atoms with Crippen LogP contribution in [0, 0.1) is 17.8 Å². The lowest BCUT2D eigenvalue weighted by atomic mass is 9.95. The Morgan fingerprint density at radius 1 is 0.926 bits per heavy atom. The maximum Gasteiger partial charge on any atom is 0.104 e. The fourth-order valence-corrected chi connectivity index (χ4v) is 3.44. The van der Waals surface area contributed by atoms with Crippen LogP contribution in [-0.4, -0.2) is 51.8 Å². The molecule has 5 rings (SSSR count). The lowest BCUT2D eigenvalue weighted by molar-refractivity contribution is 0.0784. The van der Waals surface area contributed by atoms with Crippen LogP contribution in [0.4, 0.5) is 0 Å². The number of epoxide rings is 2. The average molecular weight is 377 g/mol. The van der Waals surface area contributed by atoms with Crippen molar-refractivity contribution in [2.75, 3.05) is 39.6 Å². The van der Waals surface area contributed by atoms with E-state index in [1.165, 1.54) is 12.8 Å². The molecule has 2 aliphatic heterocycles. The van der Waals surface area contributed by atoms with Crippen LogP contribution in [0.25, 0.3) is 0 Å². The van der Waals surface area contributed by atoms with Crippen molar-refractivity contribution in [3.05, 3.63) is 49.1 Å². The van der Waals surface area contributed by atoms with E-state index in [0.29, 0.717) is 18.8 Å². The van der Waals surface area contributed by atoms with Gasteiger partial charge in [0, 0.05) is 0 Å². The van der Waals surface area contributed by atoms with Gasteiger partial charge in [-0.25, -0.2) is 0 Å². The first-order chi connectivity index (χ1) is 12.8. The van der Waals surface area contributed by atoms with Crippen LogP contribution >= 0.6 is 0 Å². The molecule has 152 valence electrons. The molecule has 0 N–H and O–H groups in total. The van der Waals surface area contributed by atoms with Crippen LogP contribution in [0.2, 0.25) is 0 Å². The van der Waals surface area contributed by atoms with Crippen LogP contribution in [0.5, 0.6) is 0 Å². The van der Waals surface area contributed by atoms with E-state index in [0.717, 1.165) is 57.2 Å². The molecule has 2 bridgehead atoms. The Bertz CT molecular complexity index is 493. The van der Waals surface area contributed by atoms with E-state index in [1.54, 1.807) is 6.08 Å². The Kier molecular flexibility index (Phi) is 10.1. The molecular formula is C23H36O4. The van der Waals surface area contributed by atoms with Gasteiger partial charge in [-0.2, -0.15) is 0 Å². The Morgan fingerprint density at radius 2 is 1.59 bits per heavy atom. The molecule has 3 aliphatic carbocycles. The van der Waals surface area contributed by atoms with Gasteiger partial charge in [0.15, 0.2) is 0 Å². The minimum Gasteiger partial charge on any atom is -0.378 e. The molecule has 2 saturated heterocycles. The van der Waals surface area contributed by atoms with Crippen molar-refractivity contribution in [3.8, 4) is 0 Å². The van der Waals surface area contributed by atoms with Gasteiger partial charge in [-0.1, -0.05) is 50.0 Å². The Hall–Kier alpha value is -1.20. The third kappa shape index (κ3) is 9.02. The number of hydrogen-bond acceptors (Lipinski definition) is 4. The first-order valence-electron chi connectivity index (χ1n) is 9.84. The first-order valence-corrected chi connectivity index (χ1v) is 9.84. The molecule has 4 nitrogen and oxygen atoms in total. The number of rotatable bonds is 8. The highest BCUT2D eigenvalue weighted by Gasteiger charge is 2.35. The van der Waals surface area contributed by atoms with Gasteiger partial charge in [-0.15, -0.1) is 6.58 Å². The van der Waals surface area contributed by atoms with E-state index in [9.17, 15) is 0 Å². The zero-order chi connectivity index (χ0) is 18.0. The largest absolute Gasteiger partial charge is 0.378 e. The van der Waals surface area contributed by atoms with E-state index in [4.69, 9.17) is 18.9 Å². The Balaban J connectivity index is 0.000000161. The topological polar surface area (TPSA) is 43.5 Å². The summed E-state index contributed by atoms with van der Waals surface area (Å²) in [5.74, 6) is 2.50. The van der Waals surface area contributed by atoms with Gasteiger partial charge in [0.05, 0.1) is 39.6 Å². The Labute approximate surface area is 164 Å². The zero-order valence-corrected chi connectivity index (χ0v) is 15.6. The first kappa shape index (κ1) is 22.1. The highest BCUT2D eigenvalue weighted by atomic mass is 16.6. The molecular weight excluding hydrogens is 340 g/mol. The molecule has 1 saturated carbocycles. The summed E-state index contributed by atoms with van der Waals surface area (Å²) in [5, 5.41) is 0. The van der Waals surface area contributed by atoms with Crippen molar-refractivity contribution < 1.29 is 18.9 Å².